The van der Waals surface area contributed by atoms with Crippen molar-refractivity contribution < 1.29 is 4.74 Å². The van der Waals surface area contributed by atoms with Crippen LogP contribution in [0.5, 0.6) is 0 Å². The van der Waals surface area contributed by atoms with Crippen LogP contribution in [-0.4, -0.2) is 36.6 Å². The first-order chi connectivity index (χ1) is 9.83. The molecule has 0 aliphatic rings. The van der Waals surface area contributed by atoms with Crippen LogP contribution in [0.3, 0.4) is 0 Å². The lowest BCUT2D eigenvalue weighted by Gasteiger charge is -2.00. The number of benzene rings is 1. The number of para-hydroxylation sites is 1. The molecule has 4 nitrogen and oxygen atoms in total. The molecule has 0 aliphatic heterocycles. The van der Waals surface area contributed by atoms with E-state index in [1.165, 1.54) is 10.9 Å². The fourth-order valence-electron chi connectivity index (χ4n) is 2.24. The van der Waals surface area contributed by atoms with E-state index in [2.05, 4.69) is 46.8 Å². The average Bonchev–Trinajstić information content (AvgIpc) is 2.79. The fraction of sp³-hybridized carbons (Fsp3) is 0.438. The van der Waals surface area contributed by atoms with Gasteiger partial charge in [-0.25, -0.2) is 0 Å². The summed E-state index contributed by atoms with van der Waals surface area (Å²) < 4.78 is 6.93. The lowest BCUT2D eigenvalue weighted by atomic mass is 10.1. The Kier molecular flexibility index (Phi) is 5.77. The van der Waals surface area contributed by atoms with E-state index in [9.17, 15) is 0 Å². The molecule has 0 spiro atoms. The third-order valence-corrected chi connectivity index (χ3v) is 3.28. The first kappa shape index (κ1) is 14.8. The molecule has 0 amide bonds. The Morgan fingerprint density at radius 1 is 1.25 bits per heavy atom. The largest absolute Gasteiger partial charge is 0.383 e. The van der Waals surface area contributed by atoms with Crippen molar-refractivity contribution in [3.8, 4) is 0 Å². The van der Waals surface area contributed by atoms with Gasteiger partial charge >= 0.3 is 0 Å². The molecule has 108 valence electrons. The van der Waals surface area contributed by atoms with Crippen LogP contribution in [0.4, 0.5) is 0 Å². The molecular formula is C16H23N3O. The van der Waals surface area contributed by atoms with Crippen molar-refractivity contribution in [2.75, 3.05) is 26.8 Å². The van der Waals surface area contributed by atoms with E-state index in [-0.39, 0.29) is 0 Å². The number of aromatic nitrogens is 2. The minimum atomic E-state index is 0.767. The van der Waals surface area contributed by atoms with Gasteiger partial charge in [0, 0.05) is 32.5 Å². The van der Waals surface area contributed by atoms with Crippen molar-refractivity contribution in [3.63, 3.8) is 0 Å². The van der Waals surface area contributed by atoms with Gasteiger partial charge in [0.15, 0.2) is 0 Å². The van der Waals surface area contributed by atoms with E-state index in [4.69, 9.17) is 4.74 Å². The summed E-state index contributed by atoms with van der Waals surface area (Å²) >= 11 is 0. The summed E-state index contributed by atoms with van der Waals surface area (Å²) in [6.45, 7) is 2.67. The molecule has 20 heavy (non-hydrogen) atoms. The highest BCUT2D eigenvalue weighted by Crippen LogP contribution is 2.17. The summed E-state index contributed by atoms with van der Waals surface area (Å²) in [5, 5.41) is 9.15. The van der Waals surface area contributed by atoms with Crippen molar-refractivity contribution in [2.45, 2.75) is 12.8 Å². The monoisotopic (exact) mass is 273 g/mol. The number of hydrogen-bond acceptors (Lipinski definition) is 3. The Hall–Kier alpha value is -1.65. The summed E-state index contributed by atoms with van der Waals surface area (Å²) in [4.78, 5) is 0. The molecule has 0 atom stereocenters. The molecule has 1 aromatic heterocycles. The van der Waals surface area contributed by atoms with Gasteiger partial charge in [-0.1, -0.05) is 30.4 Å². The van der Waals surface area contributed by atoms with Crippen LogP contribution in [0, 0.1) is 0 Å². The Labute approximate surface area is 120 Å². The van der Waals surface area contributed by atoms with Crippen LogP contribution in [0.15, 0.2) is 36.4 Å². The van der Waals surface area contributed by atoms with E-state index in [0.717, 1.165) is 38.2 Å². The Balaban J connectivity index is 1.81. The number of aryl methyl sites for hydroxylation is 1. The van der Waals surface area contributed by atoms with E-state index < -0.39 is 0 Å². The van der Waals surface area contributed by atoms with Gasteiger partial charge < -0.3 is 10.1 Å². The van der Waals surface area contributed by atoms with Crippen LogP contribution in [0.1, 0.15) is 12.1 Å². The molecule has 1 aromatic carbocycles. The molecular weight excluding hydrogens is 250 g/mol. The zero-order valence-electron chi connectivity index (χ0n) is 12.3. The number of hydrogen-bond donors (Lipinski definition) is 1. The van der Waals surface area contributed by atoms with Gasteiger partial charge in [0.1, 0.15) is 0 Å². The standard InChI is InChI=1S/C16H23N3O/c1-19-16-10-6-5-8-14(16)15(18-19)9-4-3-7-11-17-12-13-20-2/h3-6,8,10,17H,7,9,11-13H2,1-2H3. The van der Waals surface area contributed by atoms with E-state index in [1.54, 1.807) is 7.11 Å². The number of allylic oxidation sites excluding steroid dienone is 1. The molecule has 0 saturated carbocycles. The van der Waals surface area contributed by atoms with Crippen LogP contribution >= 0.6 is 0 Å². The lowest BCUT2D eigenvalue weighted by Crippen LogP contribution is -2.19. The summed E-state index contributed by atoms with van der Waals surface area (Å²) in [6.07, 6.45) is 6.34. The molecule has 0 aliphatic carbocycles. The number of ether oxygens (including phenoxy) is 1. The van der Waals surface area contributed by atoms with Crippen LogP contribution < -0.4 is 5.32 Å². The zero-order chi connectivity index (χ0) is 14.2. The van der Waals surface area contributed by atoms with E-state index in [1.807, 2.05) is 11.7 Å². The Bertz CT molecular complexity index is 560. The molecule has 0 fully saturated rings. The molecule has 0 bridgehead atoms. The van der Waals surface area contributed by atoms with E-state index >= 15 is 0 Å². The Morgan fingerprint density at radius 2 is 2.10 bits per heavy atom. The SMILES string of the molecule is COCCNCCC=CCc1nn(C)c2ccccc12. The predicted octanol–water partition coefficient (Wildman–Crippen LogP) is 2.30. The van der Waals surface area contributed by atoms with Crippen molar-refractivity contribution in [2.24, 2.45) is 7.05 Å². The van der Waals surface area contributed by atoms with Gasteiger partial charge in [-0.2, -0.15) is 5.10 Å². The second-order valence-corrected chi connectivity index (χ2v) is 4.79. The van der Waals surface area contributed by atoms with E-state index in [0.29, 0.717) is 0 Å². The minimum Gasteiger partial charge on any atom is -0.383 e. The maximum absolute atomic E-state index is 4.98. The summed E-state index contributed by atoms with van der Waals surface area (Å²) in [5.74, 6) is 0. The second-order valence-electron chi connectivity index (χ2n) is 4.79. The number of nitrogens with zero attached hydrogens (tertiary/aromatic N) is 2. The lowest BCUT2D eigenvalue weighted by molar-refractivity contribution is 0.199. The van der Waals surface area contributed by atoms with Gasteiger partial charge in [0.05, 0.1) is 17.8 Å². The maximum Gasteiger partial charge on any atom is 0.0740 e. The maximum atomic E-state index is 4.98. The number of rotatable bonds is 8. The highest BCUT2D eigenvalue weighted by atomic mass is 16.5. The predicted molar refractivity (Wildman–Crippen MR) is 82.9 cm³/mol. The summed E-state index contributed by atoms with van der Waals surface area (Å²) in [6, 6.07) is 8.36. The normalized spacial score (nSPS) is 11.7. The first-order valence-corrected chi connectivity index (χ1v) is 7.08. The quantitative estimate of drug-likeness (QED) is 0.592. The van der Waals surface area contributed by atoms with Crippen molar-refractivity contribution >= 4 is 10.9 Å². The van der Waals surface area contributed by atoms with Gasteiger partial charge in [-0.3, -0.25) is 4.68 Å². The first-order valence-electron chi connectivity index (χ1n) is 7.08. The molecule has 1 N–H and O–H groups in total. The third kappa shape index (κ3) is 3.92. The average molecular weight is 273 g/mol. The topological polar surface area (TPSA) is 39.1 Å². The van der Waals surface area contributed by atoms with Crippen molar-refractivity contribution in [1.82, 2.24) is 15.1 Å². The fourth-order valence-corrected chi connectivity index (χ4v) is 2.24. The van der Waals surface area contributed by atoms with Crippen LogP contribution in [0.2, 0.25) is 0 Å². The Morgan fingerprint density at radius 3 is 2.95 bits per heavy atom. The number of fused-ring (bicyclic) bond motifs is 1. The highest BCUT2D eigenvalue weighted by Gasteiger charge is 2.05. The molecule has 2 aromatic rings. The molecule has 4 heteroatoms. The van der Waals surface area contributed by atoms with Crippen LogP contribution in [0.25, 0.3) is 10.9 Å². The van der Waals surface area contributed by atoms with Crippen LogP contribution in [-0.2, 0) is 18.2 Å². The molecule has 0 radical (unpaired) electrons. The number of methoxy groups -OCH3 is 1. The third-order valence-electron chi connectivity index (χ3n) is 3.28. The molecule has 1 heterocycles. The van der Waals surface area contributed by atoms with Crippen molar-refractivity contribution in [1.29, 1.82) is 0 Å². The molecule has 2 rings (SSSR count). The smallest absolute Gasteiger partial charge is 0.0740 e. The minimum absolute atomic E-state index is 0.767. The van der Waals surface area contributed by atoms with Gasteiger partial charge in [-0.15, -0.1) is 0 Å². The van der Waals surface area contributed by atoms with Gasteiger partial charge in [0.2, 0.25) is 0 Å². The highest BCUT2D eigenvalue weighted by molar-refractivity contribution is 5.81. The van der Waals surface area contributed by atoms with Gasteiger partial charge in [0.25, 0.3) is 0 Å². The molecule has 0 unspecified atom stereocenters. The number of nitrogens with one attached hydrogen (secondary N) is 1. The summed E-state index contributed by atoms with van der Waals surface area (Å²) in [5.41, 5.74) is 2.34. The van der Waals surface area contributed by atoms with Gasteiger partial charge in [-0.05, 0) is 19.0 Å². The second kappa shape index (κ2) is 7.82. The molecule has 0 saturated heterocycles. The van der Waals surface area contributed by atoms with Crippen molar-refractivity contribution in [3.05, 3.63) is 42.1 Å². The zero-order valence-corrected chi connectivity index (χ0v) is 12.3. The summed E-state index contributed by atoms with van der Waals surface area (Å²) in [7, 11) is 3.72.